The molecule has 2 rings (SSSR count). The van der Waals surface area contributed by atoms with Crippen molar-refractivity contribution in [3.8, 4) is 0 Å². The third kappa shape index (κ3) is 4.32. The number of nitrogens with zero attached hydrogens (tertiary/aromatic N) is 1. The number of benzene rings is 1. The SMILES string of the molecule is NC(=O)Cc1csc(NC(=O)Cc2ccc(Cl)cc2)n1. The number of hydrogen-bond acceptors (Lipinski definition) is 4. The maximum Gasteiger partial charge on any atom is 0.230 e. The van der Waals surface area contributed by atoms with E-state index in [1.807, 2.05) is 0 Å². The first-order valence-electron chi connectivity index (χ1n) is 5.80. The predicted octanol–water partition coefficient (Wildman–Crippen LogP) is 2.01. The van der Waals surface area contributed by atoms with Gasteiger partial charge in [0.15, 0.2) is 5.13 Å². The minimum Gasteiger partial charge on any atom is -0.369 e. The lowest BCUT2D eigenvalue weighted by molar-refractivity contribution is -0.117. The number of carbonyl (C=O) groups excluding carboxylic acids is 2. The highest BCUT2D eigenvalue weighted by molar-refractivity contribution is 7.13. The fraction of sp³-hybridized carbons (Fsp3) is 0.154. The average molecular weight is 310 g/mol. The third-order valence-corrected chi connectivity index (χ3v) is 3.49. The van der Waals surface area contributed by atoms with E-state index in [0.29, 0.717) is 15.8 Å². The van der Waals surface area contributed by atoms with Crippen LogP contribution in [0, 0.1) is 0 Å². The second-order valence-corrected chi connectivity index (χ2v) is 5.43. The van der Waals surface area contributed by atoms with E-state index in [-0.39, 0.29) is 18.7 Å². The Morgan fingerprint density at radius 1 is 1.25 bits per heavy atom. The van der Waals surface area contributed by atoms with Crippen LogP contribution in [0.3, 0.4) is 0 Å². The normalized spacial score (nSPS) is 10.2. The van der Waals surface area contributed by atoms with Gasteiger partial charge in [0.2, 0.25) is 11.8 Å². The van der Waals surface area contributed by atoms with E-state index in [0.717, 1.165) is 5.56 Å². The van der Waals surface area contributed by atoms with Crippen LogP contribution in [0.1, 0.15) is 11.3 Å². The Hall–Kier alpha value is -1.92. The molecule has 0 saturated carbocycles. The fourth-order valence-electron chi connectivity index (χ4n) is 1.58. The molecule has 0 spiro atoms. The first kappa shape index (κ1) is 14.5. The van der Waals surface area contributed by atoms with Gasteiger partial charge in [-0.05, 0) is 17.7 Å². The summed E-state index contributed by atoms with van der Waals surface area (Å²) in [5, 5.41) is 5.47. The van der Waals surface area contributed by atoms with Gasteiger partial charge < -0.3 is 11.1 Å². The van der Waals surface area contributed by atoms with Crippen LogP contribution in [0.25, 0.3) is 0 Å². The molecule has 2 aromatic rings. The van der Waals surface area contributed by atoms with Crippen molar-refractivity contribution in [1.29, 1.82) is 0 Å². The fourth-order valence-corrected chi connectivity index (χ4v) is 2.43. The van der Waals surface area contributed by atoms with Gasteiger partial charge >= 0.3 is 0 Å². The zero-order chi connectivity index (χ0) is 14.5. The number of primary amides is 1. The van der Waals surface area contributed by atoms with Crippen molar-refractivity contribution < 1.29 is 9.59 Å². The van der Waals surface area contributed by atoms with Crippen LogP contribution in [0.5, 0.6) is 0 Å². The minimum absolute atomic E-state index is 0.0730. The number of carbonyl (C=O) groups is 2. The van der Waals surface area contributed by atoms with Crippen LogP contribution >= 0.6 is 22.9 Å². The maximum atomic E-state index is 11.8. The molecule has 0 bridgehead atoms. The molecular formula is C13H12ClN3O2S. The third-order valence-electron chi connectivity index (χ3n) is 2.43. The summed E-state index contributed by atoms with van der Waals surface area (Å²) < 4.78 is 0. The van der Waals surface area contributed by atoms with Crippen molar-refractivity contribution in [2.24, 2.45) is 5.73 Å². The highest BCUT2D eigenvalue weighted by atomic mass is 35.5. The lowest BCUT2D eigenvalue weighted by atomic mass is 10.1. The summed E-state index contributed by atoms with van der Waals surface area (Å²) in [4.78, 5) is 26.7. The Labute approximate surface area is 124 Å². The molecule has 2 amide bonds. The van der Waals surface area contributed by atoms with Crippen LogP contribution in [0.4, 0.5) is 5.13 Å². The van der Waals surface area contributed by atoms with Crippen molar-refractivity contribution in [3.63, 3.8) is 0 Å². The number of anilines is 1. The standard InChI is InChI=1S/C13H12ClN3O2S/c14-9-3-1-8(2-4-9)5-12(19)17-13-16-10(7-20-13)6-11(15)18/h1-4,7H,5-6H2,(H2,15,18)(H,16,17,19). The van der Waals surface area contributed by atoms with Gasteiger partial charge in [0.1, 0.15) is 0 Å². The number of thiazole rings is 1. The van der Waals surface area contributed by atoms with Gasteiger partial charge in [-0.1, -0.05) is 23.7 Å². The minimum atomic E-state index is -0.450. The van der Waals surface area contributed by atoms with Crippen molar-refractivity contribution in [1.82, 2.24) is 4.98 Å². The second kappa shape index (κ2) is 6.49. The molecule has 1 heterocycles. The van der Waals surface area contributed by atoms with E-state index in [4.69, 9.17) is 17.3 Å². The quantitative estimate of drug-likeness (QED) is 0.886. The number of amides is 2. The lowest BCUT2D eigenvalue weighted by Crippen LogP contribution is -2.15. The molecule has 0 unspecified atom stereocenters. The van der Waals surface area contributed by atoms with Gasteiger partial charge in [0, 0.05) is 10.4 Å². The van der Waals surface area contributed by atoms with Gasteiger partial charge in [0.05, 0.1) is 18.5 Å². The summed E-state index contributed by atoms with van der Waals surface area (Å²) in [6, 6.07) is 7.06. The Bertz CT molecular complexity index is 625. The monoisotopic (exact) mass is 309 g/mol. The molecule has 0 aliphatic rings. The van der Waals surface area contributed by atoms with E-state index in [1.165, 1.54) is 11.3 Å². The summed E-state index contributed by atoms with van der Waals surface area (Å²) in [7, 11) is 0. The zero-order valence-electron chi connectivity index (χ0n) is 10.4. The number of nitrogens with one attached hydrogen (secondary N) is 1. The van der Waals surface area contributed by atoms with Crippen LogP contribution in [-0.4, -0.2) is 16.8 Å². The van der Waals surface area contributed by atoms with Crippen molar-refractivity contribution in [2.75, 3.05) is 5.32 Å². The van der Waals surface area contributed by atoms with E-state index < -0.39 is 5.91 Å². The summed E-state index contributed by atoms with van der Waals surface area (Å²) in [6.07, 6.45) is 0.311. The number of halogens is 1. The van der Waals surface area contributed by atoms with E-state index >= 15 is 0 Å². The molecule has 0 saturated heterocycles. The molecular weight excluding hydrogens is 298 g/mol. The van der Waals surface area contributed by atoms with Gasteiger partial charge in [0.25, 0.3) is 0 Å². The molecule has 1 aromatic heterocycles. The van der Waals surface area contributed by atoms with Crippen LogP contribution in [0.15, 0.2) is 29.6 Å². The largest absolute Gasteiger partial charge is 0.369 e. The van der Waals surface area contributed by atoms with Gasteiger partial charge in [-0.2, -0.15) is 0 Å². The molecule has 0 radical (unpaired) electrons. The Morgan fingerprint density at radius 3 is 2.60 bits per heavy atom. The molecule has 0 aliphatic carbocycles. The molecule has 1 aromatic carbocycles. The van der Waals surface area contributed by atoms with E-state index in [2.05, 4.69) is 10.3 Å². The topological polar surface area (TPSA) is 85.1 Å². The van der Waals surface area contributed by atoms with Crippen LogP contribution in [0.2, 0.25) is 5.02 Å². The Balaban J connectivity index is 1.92. The predicted molar refractivity (Wildman–Crippen MR) is 78.8 cm³/mol. The van der Waals surface area contributed by atoms with Crippen LogP contribution in [-0.2, 0) is 22.4 Å². The Kier molecular flexibility index (Phi) is 4.70. The Morgan fingerprint density at radius 2 is 1.95 bits per heavy atom. The first-order valence-corrected chi connectivity index (χ1v) is 7.05. The summed E-state index contributed by atoms with van der Waals surface area (Å²) in [5.74, 6) is -0.623. The molecule has 5 nitrogen and oxygen atoms in total. The molecule has 20 heavy (non-hydrogen) atoms. The number of nitrogens with two attached hydrogens (primary N) is 1. The zero-order valence-corrected chi connectivity index (χ0v) is 12.0. The molecule has 0 fully saturated rings. The van der Waals surface area contributed by atoms with Gasteiger partial charge in [-0.3, -0.25) is 9.59 Å². The van der Waals surface area contributed by atoms with Crippen molar-refractivity contribution >= 4 is 39.9 Å². The molecule has 0 aliphatic heterocycles. The molecule has 3 N–H and O–H groups in total. The molecule has 104 valence electrons. The average Bonchev–Trinajstić information content (AvgIpc) is 2.78. The first-order chi connectivity index (χ1) is 9.52. The molecule has 7 heteroatoms. The highest BCUT2D eigenvalue weighted by Crippen LogP contribution is 2.16. The summed E-state index contributed by atoms with van der Waals surface area (Å²) in [5.41, 5.74) is 6.50. The van der Waals surface area contributed by atoms with E-state index in [9.17, 15) is 9.59 Å². The van der Waals surface area contributed by atoms with Crippen LogP contribution < -0.4 is 11.1 Å². The van der Waals surface area contributed by atoms with Gasteiger partial charge in [-0.25, -0.2) is 4.98 Å². The number of hydrogen-bond donors (Lipinski definition) is 2. The summed E-state index contributed by atoms with van der Waals surface area (Å²) in [6.45, 7) is 0. The molecule has 0 atom stereocenters. The smallest absolute Gasteiger partial charge is 0.230 e. The highest BCUT2D eigenvalue weighted by Gasteiger charge is 2.09. The number of aromatic nitrogens is 1. The summed E-state index contributed by atoms with van der Waals surface area (Å²) >= 11 is 7.04. The van der Waals surface area contributed by atoms with Crippen molar-refractivity contribution in [2.45, 2.75) is 12.8 Å². The lowest BCUT2D eigenvalue weighted by Gasteiger charge is -2.02. The maximum absolute atomic E-state index is 11.8. The van der Waals surface area contributed by atoms with E-state index in [1.54, 1.807) is 29.6 Å². The van der Waals surface area contributed by atoms with Gasteiger partial charge in [-0.15, -0.1) is 11.3 Å². The second-order valence-electron chi connectivity index (χ2n) is 4.14. The number of rotatable bonds is 5. The van der Waals surface area contributed by atoms with Crippen molar-refractivity contribution in [3.05, 3.63) is 45.9 Å².